The molecule has 3 rings (SSSR count). The molecule has 1 aromatic rings. The molecule has 104 valence electrons. The van der Waals surface area contributed by atoms with Gasteiger partial charge in [-0.05, 0) is 25.2 Å². The van der Waals surface area contributed by atoms with Crippen LogP contribution >= 0.6 is 0 Å². The number of nitrogens with zero attached hydrogens (tertiary/aromatic N) is 4. The molecule has 0 aliphatic carbocycles. The van der Waals surface area contributed by atoms with Crippen molar-refractivity contribution in [2.24, 2.45) is 5.92 Å². The number of nitrogens with one attached hydrogen (secondary N) is 1. The summed E-state index contributed by atoms with van der Waals surface area (Å²) in [4.78, 5) is 14.3. The minimum absolute atomic E-state index is 0.0348. The van der Waals surface area contributed by atoms with E-state index >= 15 is 0 Å². The molecule has 1 atom stereocenters. The van der Waals surface area contributed by atoms with Crippen LogP contribution in [0.2, 0.25) is 0 Å². The summed E-state index contributed by atoms with van der Waals surface area (Å²) in [6.45, 7) is 5.78. The minimum atomic E-state index is 0.0348. The average molecular weight is 263 g/mol. The largest absolute Gasteiger partial charge is 0.337 e. The molecule has 2 aliphatic rings. The summed E-state index contributed by atoms with van der Waals surface area (Å²) in [5.74, 6) is 0.752. The molecular weight excluding hydrogens is 242 g/mol. The first-order valence-corrected chi connectivity index (χ1v) is 7.16. The molecule has 1 amide bonds. The molecule has 6 heteroatoms. The van der Waals surface area contributed by atoms with Crippen LogP contribution in [-0.4, -0.2) is 52.0 Å². The van der Waals surface area contributed by atoms with Gasteiger partial charge in [-0.2, -0.15) is 0 Å². The molecule has 2 aliphatic heterocycles. The maximum Gasteiger partial charge on any atom is 0.276 e. The van der Waals surface area contributed by atoms with Gasteiger partial charge in [-0.25, -0.2) is 4.68 Å². The molecule has 3 heterocycles. The Morgan fingerprint density at radius 2 is 2.21 bits per heavy atom. The Labute approximate surface area is 113 Å². The third kappa shape index (κ3) is 2.63. The first-order valence-electron chi connectivity index (χ1n) is 7.16. The Morgan fingerprint density at radius 3 is 2.95 bits per heavy atom. The standard InChI is InChI=1S/C13H21N5O/c1-10-3-2-5-17(6-4-10)13(19)12-9-18(16-15-12)11-7-14-8-11/h9-11,14H,2-8H2,1H3. The van der Waals surface area contributed by atoms with E-state index in [0.29, 0.717) is 11.7 Å². The van der Waals surface area contributed by atoms with E-state index in [1.165, 1.54) is 6.42 Å². The van der Waals surface area contributed by atoms with Crippen LogP contribution in [0, 0.1) is 5.92 Å². The highest BCUT2D eigenvalue weighted by atomic mass is 16.2. The smallest absolute Gasteiger partial charge is 0.276 e. The number of aromatic nitrogens is 3. The van der Waals surface area contributed by atoms with Crippen molar-refractivity contribution in [1.29, 1.82) is 0 Å². The second kappa shape index (κ2) is 5.28. The molecule has 19 heavy (non-hydrogen) atoms. The molecular formula is C13H21N5O. The van der Waals surface area contributed by atoms with E-state index in [1.54, 1.807) is 6.20 Å². The van der Waals surface area contributed by atoms with Crippen molar-refractivity contribution in [3.63, 3.8) is 0 Å². The van der Waals surface area contributed by atoms with Gasteiger partial charge in [0.15, 0.2) is 5.69 Å². The number of amides is 1. The summed E-state index contributed by atoms with van der Waals surface area (Å²) >= 11 is 0. The number of likely N-dealkylation sites (tertiary alicyclic amines) is 1. The topological polar surface area (TPSA) is 63.1 Å². The van der Waals surface area contributed by atoms with Crippen LogP contribution in [0.1, 0.15) is 42.7 Å². The predicted molar refractivity (Wildman–Crippen MR) is 70.8 cm³/mol. The Balaban J connectivity index is 1.67. The molecule has 0 saturated carbocycles. The molecule has 0 aromatic carbocycles. The predicted octanol–water partition coefficient (Wildman–Crippen LogP) is 0.685. The van der Waals surface area contributed by atoms with Crippen LogP contribution in [0.15, 0.2) is 6.20 Å². The second-order valence-electron chi connectivity index (χ2n) is 5.72. The summed E-state index contributed by atoms with van der Waals surface area (Å²) in [5.41, 5.74) is 0.487. The van der Waals surface area contributed by atoms with Gasteiger partial charge in [0.05, 0.1) is 12.2 Å². The van der Waals surface area contributed by atoms with Crippen LogP contribution < -0.4 is 5.32 Å². The SMILES string of the molecule is CC1CCCN(C(=O)c2cn(C3CNC3)nn2)CC1. The maximum absolute atomic E-state index is 12.4. The van der Waals surface area contributed by atoms with E-state index in [1.807, 2.05) is 9.58 Å². The summed E-state index contributed by atoms with van der Waals surface area (Å²) in [6.07, 6.45) is 5.19. The third-order valence-electron chi connectivity index (χ3n) is 4.17. The monoisotopic (exact) mass is 263 g/mol. The Morgan fingerprint density at radius 1 is 1.37 bits per heavy atom. The molecule has 1 aromatic heterocycles. The van der Waals surface area contributed by atoms with E-state index in [9.17, 15) is 4.79 Å². The maximum atomic E-state index is 12.4. The summed E-state index contributed by atoms with van der Waals surface area (Å²) in [6, 6.07) is 0.359. The molecule has 2 saturated heterocycles. The molecule has 6 nitrogen and oxygen atoms in total. The van der Waals surface area contributed by atoms with E-state index in [2.05, 4.69) is 22.6 Å². The van der Waals surface area contributed by atoms with Gasteiger partial charge in [-0.15, -0.1) is 5.10 Å². The first kappa shape index (κ1) is 12.6. The van der Waals surface area contributed by atoms with Gasteiger partial charge >= 0.3 is 0 Å². The zero-order valence-electron chi connectivity index (χ0n) is 11.4. The Hall–Kier alpha value is -1.43. The molecule has 1 N–H and O–H groups in total. The van der Waals surface area contributed by atoms with Gasteiger partial charge in [0.2, 0.25) is 0 Å². The minimum Gasteiger partial charge on any atom is -0.337 e. The lowest BCUT2D eigenvalue weighted by Crippen LogP contribution is -2.43. The van der Waals surface area contributed by atoms with Gasteiger partial charge in [-0.3, -0.25) is 4.79 Å². The van der Waals surface area contributed by atoms with Crippen LogP contribution in [0.4, 0.5) is 0 Å². The summed E-state index contributed by atoms with van der Waals surface area (Å²) in [5, 5.41) is 11.3. The molecule has 1 unspecified atom stereocenters. The number of carbonyl (C=O) groups is 1. The highest BCUT2D eigenvalue weighted by molar-refractivity contribution is 5.91. The van der Waals surface area contributed by atoms with Crippen molar-refractivity contribution in [3.8, 4) is 0 Å². The fourth-order valence-corrected chi connectivity index (χ4v) is 2.64. The van der Waals surface area contributed by atoms with E-state index in [-0.39, 0.29) is 5.91 Å². The molecule has 0 bridgehead atoms. The van der Waals surface area contributed by atoms with E-state index in [0.717, 1.165) is 44.9 Å². The lowest BCUT2D eigenvalue weighted by atomic mass is 10.0. The lowest BCUT2D eigenvalue weighted by molar-refractivity contribution is 0.0754. The van der Waals surface area contributed by atoms with Crippen molar-refractivity contribution >= 4 is 5.91 Å². The number of hydrogen-bond donors (Lipinski definition) is 1. The van der Waals surface area contributed by atoms with Crippen molar-refractivity contribution in [2.45, 2.75) is 32.2 Å². The van der Waals surface area contributed by atoms with Crippen molar-refractivity contribution in [2.75, 3.05) is 26.2 Å². The van der Waals surface area contributed by atoms with Gasteiger partial charge in [0.25, 0.3) is 5.91 Å². The molecule has 0 radical (unpaired) electrons. The second-order valence-corrected chi connectivity index (χ2v) is 5.72. The van der Waals surface area contributed by atoms with Crippen molar-refractivity contribution in [1.82, 2.24) is 25.2 Å². The summed E-state index contributed by atoms with van der Waals surface area (Å²) in [7, 11) is 0. The molecule has 2 fully saturated rings. The lowest BCUT2D eigenvalue weighted by Gasteiger charge is -2.26. The zero-order valence-corrected chi connectivity index (χ0v) is 11.4. The number of rotatable bonds is 2. The third-order valence-corrected chi connectivity index (χ3v) is 4.17. The fourth-order valence-electron chi connectivity index (χ4n) is 2.64. The highest BCUT2D eigenvalue weighted by Gasteiger charge is 2.25. The van der Waals surface area contributed by atoms with Gasteiger partial charge in [0.1, 0.15) is 0 Å². The van der Waals surface area contributed by atoms with Crippen LogP contribution in [-0.2, 0) is 0 Å². The van der Waals surface area contributed by atoms with Crippen molar-refractivity contribution in [3.05, 3.63) is 11.9 Å². The van der Waals surface area contributed by atoms with E-state index < -0.39 is 0 Å². The quantitative estimate of drug-likeness (QED) is 0.852. The van der Waals surface area contributed by atoms with E-state index in [4.69, 9.17) is 0 Å². The number of hydrogen-bond acceptors (Lipinski definition) is 4. The highest BCUT2D eigenvalue weighted by Crippen LogP contribution is 2.18. The van der Waals surface area contributed by atoms with Gasteiger partial charge in [0, 0.05) is 26.2 Å². The van der Waals surface area contributed by atoms with Crippen LogP contribution in [0.25, 0.3) is 0 Å². The normalized spacial score (nSPS) is 24.9. The zero-order chi connectivity index (χ0) is 13.2. The fraction of sp³-hybridized carbons (Fsp3) is 0.769. The summed E-state index contributed by atoms with van der Waals surface area (Å²) < 4.78 is 1.81. The van der Waals surface area contributed by atoms with Gasteiger partial charge < -0.3 is 10.2 Å². The van der Waals surface area contributed by atoms with Gasteiger partial charge in [-0.1, -0.05) is 12.1 Å². The molecule has 0 spiro atoms. The number of carbonyl (C=O) groups excluding carboxylic acids is 1. The van der Waals surface area contributed by atoms with Crippen LogP contribution in [0.3, 0.4) is 0 Å². The Bertz CT molecular complexity index is 454. The van der Waals surface area contributed by atoms with Crippen molar-refractivity contribution < 1.29 is 4.79 Å². The Kier molecular flexibility index (Phi) is 3.50. The first-order chi connectivity index (χ1) is 9.24. The van der Waals surface area contributed by atoms with Crippen LogP contribution in [0.5, 0.6) is 0 Å². The average Bonchev–Trinajstić information content (AvgIpc) is 2.69.